The van der Waals surface area contributed by atoms with Gasteiger partial charge in [-0.25, -0.2) is 4.79 Å². The Hall–Kier alpha value is -1.55. The van der Waals surface area contributed by atoms with E-state index in [4.69, 9.17) is 10.8 Å². The third-order valence-electron chi connectivity index (χ3n) is 4.00. The first kappa shape index (κ1) is 18.5. The van der Waals surface area contributed by atoms with Crippen LogP contribution < -0.4 is 5.73 Å². The van der Waals surface area contributed by atoms with Crippen molar-refractivity contribution in [1.82, 2.24) is 4.90 Å². The number of benzene rings is 1. The second-order valence-electron chi connectivity index (χ2n) is 5.84. The van der Waals surface area contributed by atoms with Crippen LogP contribution in [0, 0.1) is 0 Å². The van der Waals surface area contributed by atoms with Gasteiger partial charge in [0.05, 0.1) is 5.56 Å². The van der Waals surface area contributed by atoms with Crippen molar-refractivity contribution in [3.05, 3.63) is 29.3 Å². The number of carboxylic acid groups (broad SMARTS) is 1. The molecule has 0 fully saturated rings. The van der Waals surface area contributed by atoms with Gasteiger partial charge in [-0.3, -0.25) is 0 Å². The van der Waals surface area contributed by atoms with Gasteiger partial charge in [0.15, 0.2) is 0 Å². The number of hydrogen-bond donors (Lipinski definition) is 2. The summed E-state index contributed by atoms with van der Waals surface area (Å²) in [5.74, 6) is -0.952. The topological polar surface area (TPSA) is 66.6 Å². The Morgan fingerprint density at radius 2 is 1.68 bits per heavy atom. The maximum absolute atomic E-state index is 11.1. The Morgan fingerprint density at radius 1 is 1.09 bits per heavy atom. The molecule has 0 atom stereocenters. The van der Waals surface area contributed by atoms with E-state index < -0.39 is 5.97 Å². The molecule has 0 amide bonds. The van der Waals surface area contributed by atoms with Crippen LogP contribution in [0.2, 0.25) is 0 Å². The average Bonchev–Trinajstić information content (AvgIpc) is 2.50. The molecule has 124 valence electrons. The molecule has 3 N–H and O–H groups in total. The maximum atomic E-state index is 11.1. The van der Waals surface area contributed by atoms with Gasteiger partial charge in [-0.05, 0) is 56.9 Å². The van der Waals surface area contributed by atoms with Gasteiger partial charge < -0.3 is 15.7 Å². The number of nitrogens with zero attached hydrogens (tertiary/aromatic N) is 1. The molecule has 0 saturated heterocycles. The normalized spacial score (nSPS) is 11.0. The fourth-order valence-corrected chi connectivity index (χ4v) is 2.61. The largest absolute Gasteiger partial charge is 0.478 e. The molecule has 22 heavy (non-hydrogen) atoms. The van der Waals surface area contributed by atoms with E-state index in [1.807, 2.05) is 6.07 Å². The third-order valence-corrected chi connectivity index (χ3v) is 4.00. The minimum atomic E-state index is -0.952. The molecular formula is C18H30N2O2. The number of nitrogens with two attached hydrogens (primary N) is 1. The van der Waals surface area contributed by atoms with Crippen molar-refractivity contribution in [3.63, 3.8) is 0 Å². The zero-order valence-electron chi connectivity index (χ0n) is 14.0. The van der Waals surface area contributed by atoms with E-state index in [1.54, 1.807) is 12.1 Å². The summed E-state index contributed by atoms with van der Waals surface area (Å²) in [4.78, 5) is 13.6. The number of carbonyl (C=O) groups is 1. The quantitative estimate of drug-likeness (QED) is 0.610. The summed E-state index contributed by atoms with van der Waals surface area (Å²) in [6, 6.07) is 5.28. The van der Waals surface area contributed by atoms with Crippen molar-refractivity contribution in [3.8, 4) is 0 Å². The molecule has 0 saturated carbocycles. The van der Waals surface area contributed by atoms with Gasteiger partial charge in [0, 0.05) is 5.69 Å². The third kappa shape index (κ3) is 6.06. The van der Waals surface area contributed by atoms with Crippen molar-refractivity contribution in [2.24, 2.45) is 0 Å². The van der Waals surface area contributed by atoms with Gasteiger partial charge in [-0.2, -0.15) is 0 Å². The molecule has 0 aliphatic heterocycles. The molecule has 0 aliphatic carbocycles. The summed E-state index contributed by atoms with van der Waals surface area (Å²) in [5, 5.41) is 9.11. The van der Waals surface area contributed by atoms with Crippen molar-refractivity contribution in [2.75, 3.05) is 25.4 Å². The number of anilines is 1. The van der Waals surface area contributed by atoms with Gasteiger partial charge in [-0.1, -0.05) is 38.8 Å². The van der Waals surface area contributed by atoms with Crippen LogP contribution in [0.5, 0.6) is 0 Å². The second-order valence-corrected chi connectivity index (χ2v) is 5.84. The molecule has 0 aromatic heterocycles. The van der Waals surface area contributed by atoms with Gasteiger partial charge in [0.2, 0.25) is 0 Å². The van der Waals surface area contributed by atoms with Gasteiger partial charge in [-0.15, -0.1) is 0 Å². The number of aryl methyl sites for hydroxylation is 1. The number of unbranched alkanes of at least 4 members (excludes halogenated alkanes) is 2. The number of hydrogen-bond acceptors (Lipinski definition) is 3. The van der Waals surface area contributed by atoms with E-state index in [0.717, 1.165) is 38.0 Å². The molecule has 1 aromatic rings. The van der Waals surface area contributed by atoms with E-state index in [1.165, 1.54) is 25.7 Å². The van der Waals surface area contributed by atoms with Crippen molar-refractivity contribution in [1.29, 1.82) is 0 Å². The van der Waals surface area contributed by atoms with E-state index in [-0.39, 0.29) is 5.56 Å². The van der Waals surface area contributed by atoms with Gasteiger partial charge in [0.1, 0.15) is 0 Å². The predicted octanol–water partition coefficient (Wildman–Crippen LogP) is 3.80. The highest BCUT2D eigenvalue weighted by molar-refractivity contribution is 5.94. The van der Waals surface area contributed by atoms with Crippen molar-refractivity contribution in [2.45, 2.75) is 52.4 Å². The molecule has 0 unspecified atom stereocenters. The highest BCUT2D eigenvalue weighted by Gasteiger charge is 2.11. The Labute approximate surface area is 134 Å². The summed E-state index contributed by atoms with van der Waals surface area (Å²) in [5.41, 5.74) is 7.55. The van der Waals surface area contributed by atoms with E-state index >= 15 is 0 Å². The fourth-order valence-electron chi connectivity index (χ4n) is 2.61. The average molecular weight is 306 g/mol. The maximum Gasteiger partial charge on any atom is 0.337 e. The highest BCUT2D eigenvalue weighted by atomic mass is 16.4. The predicted molar refractivity (Wildman–Crippen MR) is 92.4 cm³/mol. The molecular weight excluding hydrogens is 276 g/mol. The standard InChI is InChI=1S/C18H30N2O2/c1-3-5-12-20(13-6-4-2)14-8-10-15-9-7-11-16(17(15)19)18(21)22/h7,9,11H,3-6,8,10,12-14,19H2,1-2H3,(H,21,22). The minimum absolute atomic E-state index is 0.214. The van der Waals surface area contributed by atoms with Crippen LogP contribution in [-0.2, 0) is 6.42 Å². The Morgan fingerprint density at radius 3 is 2.23 bits per heavy atom. The molecule has 4 heteroatoms. The SMILES string of the molecule is CCCCN(CCCC)CCCc1cccc(C(=O)O)c1N. The summed E-state index contributed by atoms with van der Waals surface area (Å²) in [6.45, 7) is 7.80. The molecule has 0 aliphatic rings. The summed E-state index contributed by atoms with van der Waals surface area (Å²) < 4.78 is 0. The lowest BCUT2D eigenvalue weighted by Crippen LogP contribution is -2.27. The monoisotopic (exact) mass is 306 g/mol. The molecule has 4 nitrogen and oxygen atoms in total. The molecule has 1 aromatic carbocycles. The first-order valence-electron chi connectivity index (χ1n) is 8.43. The number of carboxylic acids is 1. The molecule has 0 radical (unpaired) electrons. The number of nitrogen functional groups attached to an aromatic ring is 1. The fraction of sp³-hybridized carbons (Fsp3) is 0.611. The van der Waals surface area contributed by atoms with Crippen LogP contribution in [0.3, 0.4) is 0 Å². The number of aromatic carboxylic acids is 1. The highest BCUT2D eigenvalue weighted by Crippen LogP contribution is 2.19. The van der Waals surface area contributed by atoms with Crippen LogP contribution in [0.25, 0.3) is 0 Å². The first-order valence-corrected chi connectivity index (χ1v) is 8.43. The smallest absolute Gasteiger partial charge is 0.337 e. The number of para-hydroxylation sites is 1. The molecule has 1 rings (SSSR count). The second kappa shape index (κ2) is 10.2. The van der Waals surface area contributed by atoms with Gasteiger partial charge >= 0.3 is 5.97 Å². The van der Waals surface area contributed by atoms with Crippen LogP contribution >= 0.6 is 0 Å². The van der Waals surface area contributed by atoms with Crippen LogP contribution in [-0.4, -0.2) is 35.6 Å². The van der Waals surface area contributed by atoms with Crippen LogP contribution in [0.4, 0.5) is 5.69 Å². The summed E-state index contributed by atoms with van der Waals surface area (Å²) in [6.07, 6.45) is 6.76. The lowest BCUT2D eigenvalue weighted by molar-refractivity contribution is 0.0698. The Kier molecular flexibility index (Phi) is 8.60. The number of rotatable bonds is 11. The Balaban J connectivity index is 2.53. The van der Waals surface area contributed by atoms with Crippen LogP contribution in [0.1, 0.15) is 61.9 Å². The Bertz CT molecular complexity index is 452. The van der Waals surface area contributed by atoms with E-state index in [2.05, 4.69) is 18.7 Å². The minimum Gasteiger partial charge on any atom is -0.478 e. The molecule has 0 heterocycles. The van der Waals surface area contributed by atoms with Crippen molar-refractivity contribution >= 4 is 11.7 Å². The first-order chi connectivity index (χ1) is 10.6. The summed E-state index contributed by atoms with van der Waals surface area (Å²) >= 11 is 0. The van der Waals surface area contributed by atoms with E-state index in [0.29, 0.717) is 5.69 Å². The van der Waals surface area contributed by atoms with Crippen LogP contribution in [0.15, 0.2) is 18.2 Å². The zero-order chi connectivity index (χ0) is 16.4. The zero-order valence-corrected chi connectivity index (χ0v) is 14.0. The lowest BCUT2D eigenvalue weighted by Gasteiger charge is -2.22. The van der Waals surface area contributed by atoms with E-state index in [9.17, 15) is 4.79 Å². The van der Waals surface area contributed by atoms with Gasteiger partial charge in [0.25, 0.3) is 0 Å². The summed E-state index contributed by atoms with van der Waals surface area (Å²) in [7, 11) is 0. The lowest BCUT2D eigenvalue weighted by atomic mass is 10.0. The molecule has 0 spiro atoms. The van der Waals surface area contributed by atoms with Crippen molar-refractivity contribution < 1.29 is 9.90 Å². The molecule has 0 bridgehead atoms.